The highest BCUT2D eigenvalue weighted by atomic mass is 15.0. The predicted molar refractivity (Wildman–Crippen MR) is 262 cm³/mol. The topological polar surface area (TPSA) is 9.86 Å². The van der Waals surface area contributed by atoms with Crippen LogP contribution in [0.3, 0.4) is 0 Å². The summed E-state index contributed by atoms with van der Waals surface area (Å²) in [6, 6.07) is 42.6. The second-order valence-corrected chi connectivity index (χ2v) is 15.0. The van der Waals surface area contributed by atoms with E-state index in [1.165, 1.54) is 9.13 Å². The molecular weight excluding hydrogens is 749 g/mol. The second kappa shape index (κ2) is 14.8. The van der Waals surface area contributed by atoms with Gasteiger partial charge in [0, 0.05) is 32.9 Å². The highest BCUT2D eigenvalue weighted by molar-refractivity contribution is 6.12. The van der Waals surface area contributed by atoms with E-state index in [-0.39, 0.29) is 43.6 Å². The van der Waals surface area contributed by atoms with Crippen molar-refractivity contribution in [3.05, 3.63) is 242 Å². The number of fused-ring (bicyclic) bond motifs is 6. The Hall–Kier alpha value is -8.20. The van der Waals surface area contributed by atoms with E-state index in [2.05, 4.69) is 0 Å². The summed E-state index contributed by atoms with van der Waals surface area (Å²) in [5.41, 5.74) is 7.10. The van der Waals surface area contributed by atoms with Gasteiger partial charge in [0.25, 0.3) is 0 Å². The number of para-hydroxylation sites is 2. The average Bonchev–Trinajstić information content (AvgIpc) is 4.21. The molecule has 10 aromatic carbocycles. The number of aromatic nitrogens is 2. The Kier molecular flexibility index (Phi) is 5.77. The van der Waals surface area contributed by atoms with Crippen LogP contribution >= 0.6 is 0 Å². The molecule has 0 saturated carbocycles. The summed E-state index contributed by atoms with van der Waals surface area (Å²) in [6.45, 7) is 0. The number of benzene rings is 10. The van der Waals surface area contributed by atoms with Crippen molar-refractivity contribution in [2.45, 2.75) is 0 Å². The van der Waals surface area contributed by atoms with Gasteiger partial charge in [-0.25, -0.2) is 0 Å². The van der Waals surface area contributed by atoms with Crippen LogP contribution in [-0.2, 0) is 0 Å². The van der Waals surface area contributed by atoms with Gasteiger partial charge in [-0.1, -0.05) is 182 Å². The maximum Gasteiger partial charge on any atom is 0.0645 e. The van der Waals surface area contributed by atoms with Gasteiger partial charge < -0.3 is 9.13 Å². The average molecular weight is 803 g/mol. The summed E-state index contributed by atoms with van der Waals surface area (Å²) in [6.07, 6.45) is 0. The monoisotopic (exact) mass is 802 g/mol. The third-order valence-corrected chi connectivity index (χ3v) is 11.4. The van der Waals surface area contributed by atoms with Crippen molar-refractivity contribution in [2.24, 2.45) is 0 Å². The Bertz CT molecular complexity index is 4400. The molecule has 0 unspecified atom stereocenters. The van der Waals surface area contributed by atoms with Crippen LogP contribution in [0.1, 0.15) is 19.2 Å². The SMILES string of the molecule is [2H]c1c([2H])c([2H])c2c(c1[2H])c1c([2H])c(-c3c([2H])c([2H])c4c(c3[2H])c3c([2H])c([2H])c([2H])c([2H])c3n4-c3cccc(-c4ccc(-c5ccccc5)cc4)c3)c([2H])c([2H])c1n2-c1ccc(-c2ccc(-c3ccccc3)cc2)cc1. The Labute approximate surface area is 380 Å². The summed E-state index contributed by atoms with van der Waals surface area (Å²) < 4.78 is 134. The lowest BCUT2D eigenvalue weighted by Crippen LogP contribution is -1.94. The van der Waals surface area contributed by atoms with Crippen molar-refractivity contribution in [3.63, 3.8) is 0 Å². The molecule has 0 fully saturated rings. The van der Waals surface area contributed by atoms with E-state index in [0.29, 0.717) is 11.4 Å². The van der Waals surface area contributed by atoms with Crippen molar-refractivity contribution in [2.75, 3.05) is 0 Å². The van der Waals surface area contributed by atoms with Crippen molar-refractivity contribution >= 4 is 43.6 Å². The zero-order valence-corrected chi connectivity index (χ0v) is 32.9. The molecule has 0 bridgehead atoms. The van der Waals surface area contributed by atoms with Gasteiger partial charge in [-0.05, 0) is 116 Å². The Morgan fingerprint density at radius 1 is 0.258 bits per heavy atom. The minimum absolute atomic E-state index is 0.0539. The zero-order valence-electron chi connectivity index (χ0n) is 46.9. The first kappa shape index (κ1) is 24.2. The lowest BCUT2D eigenvalue weighted by Gasteiger charge is -2.11. The normalized spacial score (nSPS) is 14.7. The van der Waals surface area contributed by atoms with E-state index in [1.807, 2.05) is 127 Å². The second-order valence-electron chi connectivity index (χ2n) is 15.0. The first-order valence-electron chi connectivity index (χ1n) is 27.2. The number of hydrogen-bond acceptors (Lipinski definition) is 0. The molecule has 0 amide bonds. The summed E-state index contributed by atoms with van der Waals surface area (Å²) in [5, 5.41) is -0.515. The molecule has 0 saturated heterocycles. The van der Waals surface area contributed by atoms with E-state index in [0.717, 1.165) is 44.5 Å². The first-order valence-corrected chi connectivity index (χ1v) is 20.2. The molecule has 0 aliphatic rings. The molecule has 12 rings (SSSR count). The summed E-state index contributed by atoms with van der Waals surface area (Å²) >= 11 is 0. The van der Waals surface area contributed by atoms with Gasteiger partial charge in [0.1, 0.15) is 0 Å². The van der Waals surface area contributed by atoms with Gasteiger partial charge in [-0.2, -0.15) is 0 Å². The minimum atomic E-state index is -0.622. The number of nitrogens with zero attached hydrogens (tertiary/aromatic N) is 2. The van der Waals surface area contributed by atoms with Crippen LogP contribution in [0.2, 0.25) is 0 Å². The molecule has 0 aliphatic carbocycles. The van der Waals surface area contributed by atoms with Crippen LogP contribution in [0.4, 0.5) is 0 Å². The molecule has 0 spiro atoms. The fourth-order valence-corrected chi connectivity index (χ4v) is 8.39. The zero-order chi connectivity index (χ0) is 53.2. The fourth-order valence-electron chi connectivity index (χ4n) is 8.39. The maximum atomic E-state index is 9.97. The third kappa shape index (κ3) is 6.12. The highest BCUT2D eigenvalue weighted by Crippen LogP contribution is 2.39. The highest BCUT2D eigenvalue weighted by Gasteiger charge is 2.17. The van der Waals surface area contributed by atoms with Crippen molar-refractivity contribution in [1.29, 1.82) is 0 Å². The minimum Gasteiger partial charge on any atom is -0.309 e. The molecule has 0 radical (unpaired) electrons. The maximum absolute atomic E-state index is 9.97. The van der Waals surface area contributed by atoms with E-state index in [4.69, 9.17) is 5.48 Å². The first-order chi connectivity index (χ1) is 36.6. The smallest absolute Gasteiger partial charge is 0.0645 e. The number of rotatable bonds is 7. The molecule has 290 valence electrons. The van der Waals surface area contributed by atoms with Crippen LogP contribution in [0, 0.1) is 0 Å². The van der Waals surface area contributed by atoms with E-state index >= 15 is 0 Å². The molecule has 2 heteroatoms. The van der Waals surface area contributed by atoms with Crippen LogP contribution in [-0.4, -0.2) is 9.13 Å². The van der Waals surface area contributed by atoms with Crippen molar-refractivity contribution in [1.82, 2.24) is 9.13 Å². The molecular formula is C60H40N2. The van der Waals surface area contributed by atoms with E-state index in [1.54, 1.807) is 30.3 Å². The molecule has 2 aromatic heterocycles. The Balaban J connectivity index is 1.08. The predicted octanol–water partition coefficient (Wildman–Crippen LogP) is 16.2. The van der Waals surface area contributed by atoms with E-state index < -0.39 is 95.7 Å². The van der Waals surface area contributed by atoms with Crippen LogP contribution in [0.25, 0.3) is 111 Å². The summed E-state index contributed by atoms with van der Waals surface area (Å²) in [7, 11) is 0. The summed E-state index contributed by atoms with van der Waals surface area (Å²) in [5.74, 6) is 0. The molecule has 0 aliphatic heterocycles. The van der Waals surface area contributed by atoms with Gasteiger partial charge in [0.2, 0.25) is 0 Å². The molecule has 2 nitrogen and oxygen atoms in total. The molecule has 12 aromatic rings. The standard InChI is InChI=1S/C60H40N2/c1-3-12-41(13-4-1)43-22-24-45(25-23-43)46-30-34-51(35-31-46)61-57-20-9-7-18-53(57)55-39-49(32-36-59(55)61)50-33-37-60-56(40-50)54-19-8-10-21-58(54)62(60)52-17-11-16-48(38-52)47-28-26-44(27-29-47)42-14-5-2-6-15-42/h1-40H/i7D,8D,9D,10D,18D,19D,20D,21D,32D,33D,36D,37D,39D,40D. The van der Waals surface area contributed by atoms with Crippen LogP contribution in [0.5, 0.6) is 0 Å². The van der Waals surface area contributed by atoms with Crippen molar-refractivity contribution < 1.29 is 19.2 Å². The quantitative estimate of drug-likeness (QED) is 0.152. The van der Waals surface area contributed by atoms with Gasteiger partial charge in [-0.15, -0.1) is 0 Å². The lowest BCUT2D eigenvalue weighted by atomic mass is 10.00. The van der Waals surface area contributed by atoms with Gasteiger partial charge >= 0.3 is 0 Å². The van der Waals surface area contributed by atoms with Crippen LogP contribution < -0.4 is 0 Å². The van der Waals surface area contributed by atoms with Gasteiger partial charge in [0.15, 0.2) is 0 Å². The largest absolute Gasteiger partial charge is 0.309 e. The van der Waals surface area contributed by atoms with Crippen LogP contribution in [0.15, 0.2) is 242 Å². The Morgan fingerprint density at radius 2 is 0.629 bits per heavy atom. The molecule has 0 N–H and O–H groups in total. The Morgan fingerprint density at radius 3 is 1.11 bits per heavy atom. The molecule has 2 heterocycles. The summed E-state index contributed by atoms with van der Waals surface area (Å²) in [4.78, 5) is 0. The van der Waals surface area contributed by atoms with E-state index in [9.17, 15) is 13.7 Å². The van der Waals surface area contributed by atoms with Crippen molar-refractivity contribution in [3.8, 4) is 67.0 Å². The van der Waals surface area contributed by atoms with Gasteiger partial charge in [-0.3, -0.25) is 0 Å². The third-order valence-electron chi connectivity index (χ3n) is 11.4. The lowest BCUT2D eigenvalue weighted by molar-refractivity contribution is 1.18. The molecule has 0 atom stereocenters. The fraction of sp³-hybridized carbons (Fsp3) is 0. The molecule has 62 heavy (non-hydrogen) atoms. The number of hydrogen-bond donors (Lipinski definition) is 0. The van der Waals surface area contributed by atoms with Gasteiger partial charge in [0.05, 0.1) is 41.3 Å².